The lowest BCUT2D eigenvalue weighted by Crippen LogP contribution is -2.51. The lowest BCUT2D eigenvalue weighted by Gasteiger charge is -2.36. The molecule has 7 nitrogen and oxygen atoms in total. The number of rotatable bonds is 3. The lowest BCUT2D eigenvalue weighted by atomic mass is 10.1. The Balaban J connectivity index is 1.56. The predicted octanol–water partition coefficient (Wildman–Crippen LogP) is 2.07. The maximum absolute atomic E-state index is 12.5. The Morgan fingerprint density at radius 1 is 0.958 bits per heavy atom. The highest BCUT2D eigenvalue weighted by atomic mass is 16.6. The lowest BCUT2D eigenvalue weighted by molar-refractivity contribution is -0.384. The van der Waals surface area contributed by atoms with Crippen molar-refractivity contribution in [1.82, 2.24) is 9.80 Å². The van der Waals surface area contributed by atoms with Crippen LogP contribution in [0.4, 0.5) is 5.69 Å². The van der Waals surface area contributed by atoms with Gasteiger partial charge >= 0.3 is 0 Å². The molecule has 0 atom stereocenters. The summed E-state index contributed by atoms with van der Waals surface area (Å²) in [4.78, 5) is 38.6. The van der Waals surface area contributed by atoms with Crippen LogP contribution in [0.15, 0.2) is 24.3 Å². The number of non-ortho nitro benzene ring substituents is 1. The normalized spacial score (nSPS) is 18.7. The largest absolute Gasteiger partial charge is 0.339 e. The van der Waals surface area contributed by atoms with E-state index in [-0.39, 0.29) is 23.4 Å². The van der Waals surface area contributed by atoms with E-state index in [0.717, 1.165) is 25.7 Å². The summed E-state index contributed by atoms with van der Waals surface area (Å²) in [5.41, 5.74) is 0.412. The molecule has 0 bridgehead atoms. The fraction of sp³-hybridized carbons (Fsp3) is 0.529. The Hall–Kier alpha value is -2.44. The van der Waals surface area contributed by atoms with Gasteiger partial charge in [0.25, 0.3) is 11.6 Å². The number of nitro benzene ring substituents is 1. The van der Waals surface area contributed by atoms with Crippen LogP contribution in [0.2, 0.25) is 0 Å². The first-order valence-electron chi connectivity index (χ1n) is 8.39. The molecule has 2 amide bonds. The van der Waals surface area contributed by atoms with Crippen LogP contribution in [0.25, 0.3) is 0 Å². The molecule has 0 unspecified atom stereocenters. The summed E-state index contributed by atoms with van der Waals surface area (Å²) in [5, 5.41) is 10.7. The van der Waals surface area contributed by atoms with Crippen LogP contribution in [-0.2, 0) is 4.79 Å². The molecule has 128 valence electrons. The molecule has 3 rings (SSSR count). The summed E-state index contributed by atoms with van der Waals surface area (Å²) in [6.07, 6.45) is 4.24. The third-order valence-electron chi connectivity index (χ3n) is 4.91. The second kappa shape index (κ2) is 6.98. The van der Waals surface area contributed by atoms with Crippen molar-refractivity contribution in [3.05, 3.63) is 39.9 Å². The number of amides is 2. The van der Waals surface area contributed by atoms with Gasteiger partial charge in [0.2, 0.25) is 5.91 Å². The van der Waals surface area contributed by atoms with Crippen LogP contribution in [0.3, 0.4) is 0 Å². The maximum Gasteiger partial charge on any atom is 0.269 e. The number of carbonyl (C=O) groups is 2. The van der Waals surface area contributed by atoms with Crippen LogP contribution < -0.4 is 0 Å². The Morgan fingerprint density at radius 3 is 2.04 bits per heavy atom. The molecule has 24 heavy (non-hydrogen) atoms. The Bertz CT molecular complexity index is 630. The van der Waals surface area contributed by atoms with Crippen LogP contribution in [0, 0.1) is 16.0 Å². The maximum atomic E-state index is 12.5. The molecule has 2 aliphatic rings. The second-order valence-corrected chi connectivity index (χ2v) is 6.40. The molecule has 1 heterocycles. The molecule has 2 fully saturated rings. The van der Waals surface area contributed by atoms with Gasteiger partial charge in [0.1, 0.15) is 0 Å². The average Bonchev–Trinajstić information content (AvgIpc) is 3.15. The van der Waals surface area contributed by atoms with E-state index in [1.807, 2.05) is 4.90 Å². The minimum Gasteiger partial charge on any atom is -0.339 e. The zero-order valence-corrected chi connectivity index (χ0v) is 13.5. The summed E-state index contributed by atoms with van der Waals surface area (Å²) < 4.78 is 0. The minimum atomic E-state index is -0.484. The van der Waals surface area contributed by atoms with Gasteiger partial charge in [-0.15, -0.1) is 0 Å². The topological polar surface area (TPSA) is 83.8 Å². The van der Waals surface area contributed by atoms with E-state index < -0.39 is 4.92 Å². The van der Waals surface area contributed by atoms with Gasteiger partial charge in [0.15, 0.2) is 0 Å². The standard InChI is InChI=1S/C17H21N3O4/c21-16(13-3-1-2-4-13)18-9-11-19(12-10-18)17(22)14-5-7-15(8-6-14)20(23)24/h5-8,13H,1-4,9-12H2. The van der Waals surface area contributed by atoms with Crippen molar-refractivity contribution in [2.24, 2.45) is 5.92 Å². The third-order valence-corrected chi connectivity index (χ3v) is 4.91. The number of hydrogen-bond donors (Lipinski definition) is 0. The van der Waals surface area contributed by atoms with Crippen LogP contribution in [0.5, 0.6) is 0 Å². The van der Waals surface area contributed by atoms with Crippen molar-refractivity contribution < 1.29 is 14.5 Å². The van der Waals surface area contributed by atoms with Crippen molar-refractivity contribution in [2.45, 2.75) is 25.7 Å². The smallest absolute Gasteiger partial charge is 0.269 e. The number of nitro groups is 1. The minimum absolute atomic E-state index is 0.0291. The second-order valence-electron chi connectivity index (χ2n) is 6.40. The van der Waals surface area contributed by atoms with E-state index in [1.165, 1.54) is 24.3 Å². The first kappa shape index (κ1) is 16.4. The van der Waals surface area contributed by atoms with Gasteiger partial charge in [0, 0.05) is 49.8 Å². The highest BCUT2D eigenvalue weighted by Crippen LogP contribution is 2.27. The number of hydrogen-bond acceptors (Lipinski definition) is 4. The molecular formula is C17H21N3O4. The van der Waals surface area contributed by atoms with E-state index in [4.69, 9.17) is 0 Å². The molecule has 0 spiro atoms. The van der Waals surface area contributed by atoms with E-state index >= 15 is 0 Å². The van der Waals surface area contributed by atoms with E-state index in [0.29, 0.717) is 31.7 Å². The summed E-state index contributed by atoms with van der Waals surface area (Å²) in [7, 11) is 0. The van der Waals surface area contributed by atoms with Gasteiger partial charge in [-0.05, 0) is 25.0 Å². The molecule has 1 saturated heterocycles. The van der Waals surface area contributed by atoms with Crippen molar-refractivity contribution in [2.75, 3.05) is 26.2 Å². The van der Waals surface area contributed by atoms with Gasteiger partial charge in [-0.2, -0.15) is 0 Å². The SMILES string of the molecule is O=C(c1ccc([N+](=O)[O-])cc1)N1CCN(C(=O)C2CCCC2)CC1. The average molecular weight is 331 g/mol. The summed E-state index contributed by atoms with van der Waals surface area (Å²) in [6.45, 7) is 2.14. The number of piperazine rings is 1. The van der Waals surface area contributed by atoms with Crippen molar-refractivity contribution in [1.29, 1.82) is 0 Å². The fourth-order valence-electron chi connectivity index (χ4n) is 3.47. The van der Waals surface area contributed by atoms with Gasteiger partial charge in [-0.1, -0.05) is 12.8 Å². The Labute approximate surface area is 140 Å². The highest BCUT2D eigenvalue weighted by Gasteiger charge is 2.30. The molecule has 1 aromatic carbocycles. The molecule has 0 radical (unpaired) electrons. The number of carbonyl (C=O) groups excluding carboxylic acids is 2. The van der Waals surface area contributed by atoms with Gasteiger partial charge in [-0.3, -0.25) is 19.7 Å². The first-order chi connectivity index (χ1) is 11.6. The van der Waals surface area contributed by atoms with Crippen LogP contribution in [-0.4, -0.2) is 52.7 Å². The molecule has 1 aromatic rings. The van der Waals surface area contributed by atoms with E-state index in [1.54, 1.807) is 4.90 Å². The summed E-state index contributed by atoms with van der Waals surface area (Å²) in [5.74, 6) is 0.259. The summed E-state index contributed by atoms with van der Waals surface area (Å²) >= 11 is 0. The molecule has 0 aromatic heterocycles. The van der Waals surface area contributed by atoms with Crippen LogP contribution >= 0.6 is 0 Å². The van der Waals surface area contributed by atoms with Crippen molar-refractivity contribution in [3.63, 3.8) is 0 Å². The van der Waals surface area contributed by atoms with E-state index in [2.05, 4.69) is 0 Å². The van der Waals surface area contributed by atoms with Gasteiger partial charge < -0.3 is 9.80 Å². The zero-order chi connectivity index (χ0) is 17.1. The molecule has 1 aliphatic heterocycles. The third kappa shape index (κ3) is 3.39. The van der Waals surface area contributed by atoms with Crippen molar-refractivity contribution in [3.8, 4) is 0 Å². The monoisotopic (exact) mass is 331 g/mol. The van der Waals surface area contributed by atoms with E-state index in [9.17, 15) is 19.7 Å². The van der Waals surface area contributed by atoms with Crippen LogP contribution in [0.1, 0.15) is 36.0 Å². The molecule has 1 saturated carbocycles. The molecular weight excluding hydrogens is 310 g/mol. The van der Waals surface area contributed by atoms with Crippen molar-refractivity contribution >= 4 is 17.5 Å². The predicted molar refractivity (Wildman–Crippen MR) is 87.5 cm³/mol. The highest BCUT2D eigenvalue weighted by molar-refractivity contribution is 5.94. The zero-order valence-electron chi connectivity index (χ0n) is 13.5. The quantitative estimate of drug-likeness (QED) is 0.627. The molecule has 7 heteroatoms. The number of nitrogens with zero attached hydrogens (tertiary/aromatic N) is 3. The fourth-order valence-corrected chi connectivity index (χ4v) is 3.47. The van der Waals surface area contributed by atoms with Gasteiger partial charge in [0.05, 0.1) is 4.92 Å². The Morgan fingerprint density at radius 2 is 1.50 bits per heavy atom. The molecule has 0 N–H and O–H groups in total. The number of benzene rings is 1. The van der Waals surface area contributed by atoms with Gasteiger partial charge in [-0.25, -0.2) is 0 Å². The first-order valence-corrected chi connectivity index (χ1v) is 8.39. The molecule has 1 aliphatic carbocycles. The summed E-state index contributed by atoms with van der Waals surface area (Å²) in [6, 6.07) is 5.65. The Kier molecular flexibility index (Phi) is 4.78.